The Bertz CT molecular complexity index is 11900. The highest BCUT2D eigenvalue weighted by Gasteiger charge is 2.33. The molecule has 0 unspecified atom stereocenters. The van der Waals surface area contributed by atoms with Crippen molar-refractivity contribution in [3.8, 4) is 51.6 Å². The molecule has 0 bridgehead atoms. The molecule has 0 aliphatic rings. The molecular weight excluding hydrogens is 1970 g/mol. The minimum atomic E-state index is 0.658. The van der Waals surface area contributed by atoms with Crippen molar-refractivity contribution in [3.05, 3.63) is 419 Å². The molecule has 36 rings (SSSR count). The van der Waals surface area contributed by atoms with Crippen molar-refractivity contribution in [3.63, 3.8) is 0 Å². The Labute approximate surface area is 877 Å². The quantitative estimate of drug-likeness (QED) is 0.162. The molecular formula is C132H69N9O2S7. The topological polar surface area (TPSA) is 118 Å². The second kappa shape index (κ2) is 31.9. The van der Waals surface area contributed by atoms with Gasteiger partial charge in [0, 0.05) is 214 Å². The molecule has 36 aromatic rings. The van der Waals surface area contributed by atoms with Crippen molar-refractivity contribution in [1.29, 1.82) is 0 Å². The zero-order valence-electron chi connectivity index (χ0n) is 79.0. The van der Waals surface area contributed by atoms with Crippen LogP contribution in [0, 0.1) is 0 Å². The highest BCUT2D eigenvalue weighted by atomic mass is 32.1. The third-order valence-electron chi connectivity index (χ3n) is 30.7. The molecule has 0 saturated heterocycles. The summed E-state index contributed by atoms with van der Waals surface area (Å²) in [5.74, 6) is 2.04. The Hall–Kier alpha value is -17.8. The Balaban J connectivity index is 0.0000000957. The van der Waals surface area contributed by atoms with E-state index in [1.54, 1.807) is 34.0 Å². The van der Waals surface area contributed by atoms with E-state index < -0.39 is 0 Å². The highest BCUT2D eigenvalue weighted by Crippen LogP contribution is 2.56. The highest BCUT2D eigenvalue weighted by molar-refractivity contribution is 7.29. The van der Waals surface area contributed by atoms with Crippen LogP contribution in [0.4, 0.5) is 0 Å². The van der Waals surface area contributed by atoms with Gasteiger partial charge in [0.15, 0.2) is 0 Å². The summed E-state index contributed by atoms with van der Waals surface area (Å²) in [5, 5.41) is 36.2. The summed E-state index contributed by atoms with van der Waals surface area (Å²) in [5.41, 5.74) is 16.2. The van der Waals surface area contributed by atoms with Crippen molar-refractivity contribution in [1.82, 2.24) is 43.6 Å². The molecule has 0 amide bonds. The summed E-state index contributed by atoms with van der Waals surface area (Å²) in [6, 6.07) is 150. The van der Waals surface area contributed by atoms with Crippen molar-refractivity contribution < 1.29 is 8.83 Å². The lowest BCUT2D eigenvalue weighted by atomic mass is 10.00. The summed E-state index contributed by atoms with van der Waals surface area (Å²) in [4.78, 5) is 36.2. The summed E-state index contributed by atoms with van der Waals surface area (Å²) in [6.07, 6.45) is 0. The lowest BCUT2D eigenvalue weighted by molar-refractivity contribution is 0.669. The fourth-order valence-corrected chi connectivity index (χ4v) is 32.6. The lowest BCUT2D eigenvalue weighted by Crippen LogP contribution is -2.03. The maximum absolute atomic E-state index is 6.63. The largest absolute Gasteiger partial charge is 0.456 e. The molecule has 0 radical (unpaired) electrons. The fourth-order valence-electron chi connectivity index (χ4n) is 24.5. The molecule has 0 N–H and O–H groups in total. The van der Waals surface area contributed by atoms with E-state index in [1.165, 1.54) is 176 Å². The van der Waals surface area contributed by atoms with E-state index >= 15 is 0 Å². The van der Waals surface area contributed by atoms with Crippen LogP contribution in [-0.4, -0.2) is 43.6 Å². The van der Waals surface area contributed by atoms with Gasteiger partial charge in [-0.15, -0.1) is 79.4 Å². The van der Waals surface area contributed by atoms with Gasteiger partial charge in [-0.3, -0.25) is 13.7 Å². The van der Waals surface area contributed by atoms with Crippen LogP contribution < -0.4 is 0 Å². The number of hydrogen-bond donors (Lipinski definition) is 0. The van der Waals surface area contributed by atoms with Gasteiger partial charge in [-0.2, -0.15) is 0 Å². The van der Waals surface area contributed by atoms with E-state index in [-0.39, 0.29) is 0 Å². The predicted molar refractivity (Wildman–Crippen MR) is 643 cm³/mol. The number of benzene rings is 21. The van der Waals surface area contributed by atoms with E-state index in [2.05, 4.69) is 408 Å². The average Bonchev–Trinajstić information content (AvgIpc) is 1.54. The van der Waals surface area contributed by atoms with Gasteiger partial charge in [-0.25, -0.2) is 29.9 Å². The minimum absolute atomic E-state index is 0.658. The van der Waals surface area contributed by atoms with Crippen LogP contribution in [0.25, 0.3) is 335 Å². The Morgan fingerprint density at radius 3 is 0.880 bits per heavy atom. The van der Waals surface area contributed by atoms with E-state index in [9.17, 15) is 0 Å². The third kappa shape index (κ3) is 11.8. The molecule has 18 heteroatoms. The van der Waals surface area contributed by atoms with Crippen molar-refractivity contribution in [2.45, 2.75) is 0 Å². The standard InChI is InChI=1S/2C44H23N3OS2.C44H23N3S3/c1-2-14-27-25(13-1)36-28-15-3-7-20-32(28)47(40(36)38-30-17-6-9-22-34(30)49-42(27)38)44-45-39(37-29-16-5-10-23-35(29)50-43(37)46-44)31-19-11-18-26-24-12-4-8-21-33(24)48-41(26)31;1-2-13-27-26(12-1)37-28-14-3-7-17-32(28)47(41(37)39-30-16-6-9-19-35(30)49-42(27)39)44-45-40(38-29-15-5-10-20-36(29)50-43(38)46-44)24-21-22-34-31(23-24)25-11-4-8-18-33(25)48-34;1-2-14-27-25(13-1)36-28-15-3-7-20-32(28)47(40(36)38-30-17-6-9-22-34(30)49-42(27)38)44-45-39(37-29-16-5-10-23-35(29)50-43(37)46-44)31-19-11-18-26-24-12-4-8-21-33(24)48-41(26)31/h3*1-23H. The van der Waals surface area contributed by atoms with E-state index in [0.29, 0.717) is 17.8 Å². The van der Waals surface area contributed by atoms with Gasteiger partial charge in [0.05, 0.1) is 50.2 Å². The summed E-state index contributed by atoms with van der Waals surface area (Å²) < 4.78 is 33.7. The second-order valence-corrected chi connectivity index (χ2v) is 45.9. The first kappa shape index (κ1) is 83.4. The molecule has 0 saturated carbocycles. The maximum atomic E-state index is 6.63. The number of furan rings is 2. The van der Waals surface area contributed by atoms with Gasteiger partial charge in [0.25, 0.3) is 0 Å². The maximum Gasteiger partial charge on any atom is 0.236 e. The Morgan fingerprint density at radius 1 is 0.173 bits per heavy atom. The second-order valence-electron chi connectivity index (χ2n) is 38.6. The number of rotatable bonds is 6. The molecule has 0 spiro atoms. The zero-order valence-corrected chi connectivity index (χ0v) is 84.8. The molecule has 11 nitrogen and oxygen atoms in total. The van der Waals surface area contributed by atoms with Gasteiger partial charge in [0.1, 0.15) is 36.8 Å². The van der Waals surface area contributed by atoms with E-state index in [0.717, 1.165) is 141 Å². The van der Waals surface area contributed by atoms with E-state index in [1.807, 2.05) is 69.6 Å². The molecule has 15 heterocycles. The number of hydrogen-bond acceptors (Lipinski definition) is 15. The van der Waals surface area contributed by atoms with Gasteiger partial charge in [-0.1, -0.05) is 322 Å². The molecule has 0 aliphatic heterocycles. The lowest BCUT2D eigenvalue weighted by Gasteiger charge is -2.12. The smallest absolute Gasteiger partial charge is 0.236 e. The summed E-state index contributed by atoms with van der Waals surface area (Å²) in [7, 11) is 0. The third-order valence-corrected chi connectivity index (χ3v) is 38.7. The van der Waals surface area contributed by atoms with Gasteiger partial charge in [0.2, 0.25) is 17.8 Å². The SMILES string of the molecule is c1ccc2c(c1)oc1c(-c3nc(-n4c5ccccc5c5c6ccccc6c6sc7ccccc7c6c54)nc4sc5ccccc5c34)cccc12.c1ccc2c(c1)oc1ccc(-c3nc(-n4c5ccccc5c5c6ccccc6c6sc7ccccc7c6c54)nc4sc5ccccc5c34)cc12.c1ccc2c(c1)sc1c(-c3nc(-n4c5ccccc5c5c6ccccc6c6sc7ccccc7c6c54)nc4sc5ccccc5c34)cccc12. The van der Waals surface area contributed by atoms with Gasteiger partial charge in [-0.05, 0) is 113 Å². The van der Waals surface area contributed by atoms with Crippen LogP contribution in [0.5, 0.6) is 0 Å². The van der Waals surface area contributed by atoms with Crippen LogP contribution in [0.2, 0.25) is 0 Å². The normalized spacial score (nSPS) is 12.4. The molecule has 696 valence electrons. The van der Waals surface area contributed by atoms with Crippen molar-refractivity contribution in [2.75, 3.05) is 0 Å². The number of thiophene rings is 7. The van der Waals surface area contributed by atoms with Gasteiger partial charge >= 0.3 is 0 Å². The van der Waals surface area contributed by atoms with Crippen molar-refractivity contribution in [2.24, 2.45) is 0 Å². The number of nitrogens with zero attached hydrogens (tertiary/aromatic N) is 9. The molecule has 0 atom stereocenters. The Kier molecular flexibility index (Phi) is 17.7. The number of para-hydroxylation sites is 6. The monoisotopic (exact) mass is 2040 g/mol. The molecule has 15 aromatic heterocycles. The molecule has 0 fully saturated rings. The van der Waals surface area contributed by atoms with Crippen LogP contribution in [0.15, 0.2) is 427 Å². The fraction of sp³-hybridized carbons (Fsp3) is 0. The van der Waals surface area contributed by atoms with Gasteiger partial charge < -0.3 is 8.83 Å². The molecule has 0 aliphatic carbocycles. The zero-order chi connectivity index (χ0) is 97.5. The summed E-state index contributed by atoms with van der Waals surface area (Å²) >= 11 is 12.7. The Morgan fingerprint density at radius 2 is 0.453 bits per heavy atom. The van der Waals surface area contributed by atoms with E-state index in [4.69, 9.17) is 38.7 Å². The number of fused-ring (bicyclic) bond motifs is 48. The predicted octanol–water partition coefficient (Wildman–Crippen LogP) is 39.6. The van der Waals surface area contributed by atoms with Crippen LogP contribution in [0.1, 0.15) is 0 Å². The number of aromatic nitrogens is 9. The first-order chi connectivity index (χ1) is 74.4. The first-order valence-corrected chi connectivity index (χ1v) is 55.7. The summed E-state index contributed by atoms with van der Waals surface area (Å²) in [6.45, 7) is 0. The minimum Gasteiger partial charge on any atom is -0.456 e. The van der Waals surface area contributed by atoms with Crippen LogP contribution in [-0.2, 0) is 0 Å². The van der Waals surface area contributed by atoms with Crippen molar-refractivity contribution >= 4 is 363 Å². The molecule has 21 aromatic carbocycles. The average molecular weight is 2040 g/mol. The molecule has 150 heavy (non-hydrogen) atoms. The van der Waals surface area contributed by atoms with Crippen LogP contribution >= 0.6 is 79.4 Å². The first-order valence-electron chi connectivity index (χ1n) is 50.0. The van der Waals surface area contributed by atoms with Crippen LogP contribution in [0.3, 0.4) is 0 Å².